The van der Waals surface area contributed by atoms with Gasteiger partial charge in [-0.25, -0.2) is 9.66 Å². The van der Waals surface area contributed by atoms with Crippen molar-refractivity contribution in [1.82, 2.24) is 9.66 Å². The predicted molar refractivity (Wildman–Crippen MR) is 42.8 cm³/mol. The van der Waals surface area contributed by atoms with Crippen molar-refractivity contribution in [2.45, 2.75) is 13.8 Å². The maximum atomic E-state index is 7.40. The lowest BCUT2D eigenvalue weighted by Crippen LogP contribution is -2.29. The average Bonchev–Trinajstić information content (AvgIpc) is 1.97. The SMILES string of the molecule is CNn1cc(C)c(C)nc1=N. The van der Waals surface area contributed by atoms with E-state index in [-0.39, 0.29) is 5.62 Å². The molecule has 0 aliphatic rings. The Labute approximate surface area is 65.4 Å². The molecule has 0 saturated carbocycles. The third-order valence-corrected chi connectivity index (χ3v) is 1.64. The first-order valence-electron chi connectivity index (χ1n) is 3.44. The van der Waals surface area contributed by atoms with E-state index >= 15 is 0 Å². The summed E-state index contributed by atoms with van der Waals surface area (Å²) in [6.45, 7) is 3.86. The summed E-state index contributed by atoms with van der Waals surface area (Å²) in [6, 6.07) is 0. The van der Waals surface area contributed by atoms with E-state index < -0.39 is 0 Å². The average molecular weight is 152 g/mol. The monoisotopic (exact) mass is 152 g/mol. The lowest BCUT2D eigenvalue weighted by atomic mass is 10.3. The van der Waals surface area contributed by atoms with E-state index in [1.54, 1.807) is 11.7 Å². The molecule has 1 aromatic heterocycles. The highest BCUT2D eigenvalue weighted by atomic mass is 15.4. The van der Waals surface area contributed by atoms with Gasteiger partial charge < -0.3 is 5.43 Å². The largest absolute Gasteiger partial charge is 0.326 e. The van der Waals surface area contributed by atoms with Crippen molar-refractivity contribution in [2.24, 2.45) is 0 Å². The van der Waals surface area contributed by atoms with Gasteiger partial charge in [0, 0.05) is 18.9 Å². The van der Waals surface area contributed by atoms with Gasteiger partial charge in [0.25, 0.3) is 0 Å². The Bertz CT molecular complexity index is 313. The lowest BCUT2D eigenvalue weighted by molar-refractivity contribution is 0.755. The second kappa shape index (κ2) is 2.74. The minimum atomic E-state index is 0.232. The van der Waals surface area contributed by atoms with Crippen LogP contribution in [-0.4, -0.2) is 16.7 Å². The van der Waals surface area contributed by atoms with Crippen LogP contribution in [0.5, 0.6) is 0 Å². The zero-order chi connectivity index (χ0) is 8.43. The van der Waals surface area contributed by atoms with Crippen LogP contribution in [0.2, 0.25) is 0 Å². The molecule has 0 atom stereocenters. The fourth-order valence-electron chi connectivity index (χ4n) is 0.820. The minimum absolute atomic E-state index is 0.232. The van der Waals surface area contributed by atoms with Gasteiger partial charge in [0.05, 0.1) is 0 Å². The highest BCUT2D eigenvalue weighted by molar-refractivity contribution is 5.11. The van der Waals surface area contributed by atoms with Crippen LogP contribution >= 0.6 is 0 Å². The van der Waals surface area contributed by atoms with Crippen molar-refractivity contribution in [1.29, 1.82) is 5.41 Å². The van der Waals surface area contributed by atoms with Crippen LogP contribution in [0.3, 0.4) is 0 Å². The highest BCUT2D eigenvalue weighted by Crippen LogP contribution is 1.95. The molecule has 4 heteroatoms. The lowest BCUT2D eigenvalue weighted by Gasteiger charge is -2.06. The Kier molecular flexibility index (Phi) is 1.94. The number of aryl methyl sites for hydroxylation is 2. The molecule has 0 unspecified atom stereocenters. The summed E-state index contributed by atoms with van der Waals surface area (Å²) < 4.78 is 1.57. The van der Waals surface area contributed by atoms with Gasteiger partial charge in [0.1, 0.15) is 0 Å². The maximum absolute atomic E-state index is 7.40. The van der Waals surface area contributed by atoms with Crippen molar-refractivity contribution in [3.05, 3.63) is 23.1 Å². The summed E-state index contributed by atoms with van der Waals surface area (Å²) in [5, 5.41) is 7.40. The van der Waals surface area contributed by atoms with Crippen LogP contribution in [0.15, 0.2) is 6.20 Å². The molecular weight excluding hydrogens is 140 g/mol. The number of hydrogen-bond donors (Lipinski definition) is 2. The molecular formula is C7H12N4. The van der Waals surface area contributed by atoms with Crippen LogP contribution in [-0.2, 0) is 0 Å². The summed E-state index contributed by atoms with van der Waals surface area (Å²) in [6.07, 6.45) is 1.85. The molecule has 0 spiro atoms. The summed E-state index contributed by atoms with van der Waals surface area (Å²) in [7, 11) is 1.76. The van der Waals surface area contributed by atoms with Gasteiger partial charge in [-0.2, -0.15) is 0 Å². The van der Waals surface area contributed by atoms with Crippen molar-refractivity contribution in [2.75, 3.05) is 12.5 Å². The second-order valence-electron chi connectivity index (χ2n) is 2.43. The van der Waals surface area contributed by atoms with Gasteiger partial charge in [-0.05, 0) is 19.4 Å². The van der Waals surface area contributed by atoms with Crippen molar-refractivity contribution in [3.63, 3.8) is 0 Å². The standard InChI is InChI=1S/C7H12N4/c1-5-4-11(9-3)7(8)10-6(5)2/h4,8-9H,1-3H3. The van der Waals surface area contributed by atoms with Crippen LogP contribution in [0.4, 0.5) is 0 Å². The molecule has 1 rings (SSSR count). The van der Waals surface area contributed by atoms with Crippen LogP contribution in [0.1, 0.15) is 11.3 Å². The molecule has 0 aliphatic carbocycles. The minimum Gasteiger partial charge on any atom is -0.326 e. The summed E-state index contributed by atoms with van der Waals surface area (Å²) in [4.78, 5) is 4.01. The molecule has 1 aromatic rings. The third-order valence-electron chi connectivity index (χ3n) is 1.64. The van der Waals surface area contributed by atoms with Crippen LogP contribution in [0, 0.1) is 19.3 Å². The quantitative estimate of drug-likeness (QED) is 0.602. The highest BCUT2D eigenvalue weighted by Gasteiger charge is 1.95. The van der Waals surface area contributed by atoms with E-state index in [9.17, 15) is 0 Å². The summed E-state index contributed by atoms with van der Waals surface area (Å²) >= 11 is 0. The van der Waals surface area contributed by atoms with Crippen LogP contribution in [0.25, 0.3) is 0 Å². The van der Waals surface area contributed by atoms with E-state index in [1.165, 1.54) is 0 Å². The van der Waals surface area contributed by atoms with Gasteiger partial charge in [0.2, 0.25) is 5.62 Å². The molecule has 60 valence electrons. The Morgan fingerprint density at radius 3 is 2.73 bits per heavy atom. The number of nitrogens with one attached hydrogen (secondary N) is 2. The van der Waals surface area contributed by atoms with Crippen molar-refractivity contribution >= 4 is 0 Å². The second-order valence-corrected chi connectivity index (χ2v) is 2.43. The Hall–Kier alpha value is -1.32. The Morgan fingerprint density at radius 2 is 2.18 bits per heavy atom. The van der Waals surface area contributed by atoms with Gasteiger partial charge in [-0.3, -0.25) is 5.41 Å². The van der Waals surface area contributed by atoms with E-state index in [2.05, 4.69) is 10.4 Å². The maximum Gasteiger partial charge on any atom is 0.241 e. The fraction of sp³-hybridized carbons (Fsp3) is 0.429. The zero-order valence-electron chi connectivity index (χ0n) is 6.97. The third kappa shape index (κ3) is 1.39. The van der Waals surface area contributed by atoms with Gasteiger partial charge in [-0.1, -0.05) is 0 Å². The summed E-state index contributed by atoms with van der Waals surface area (Å²) in [5.41, 5.74) is 5.05. The Balaban J connectivity index is 3.32. The zero-order valence-corrected chi connectivity index (χ0v) is 6.97. The number of rotatable bonds is 1. The molecule has 0 bridgehead atoms. The molecule has 2 N–H and O–H groups in total. The number of nitrogens with zero attached hydrogens (tertiary/aromatic N) is 2. The van der Waals surface area contributed by atoms with E-state index in [0.29, 0.717) is 0 Å². The van der Waals surface area contributed by atoms with Gasteiger partial charge in [0.15, 0.2) is 0 Å². The normalized spacial score (nSPS) is 9.73. The first-order valence-corrected chi connectivity index (χ1v) is 3.44. The molecule has 4 nitrogen and oxygen atoms in total. The van der Waals surface area contributed by atoms with E-state index in [1.807, 2.05) is 20.0 Å². The van der Waals surface area contributed by atoms with E-state index in [0.717, 1.165) is 11.3 Å². The molecule has 1 heterocycles. The molecule has 11 heavy (non-hydrogen) atoms. The molecule has 0 aliphatic heterocycles. The van der Waals surface area contributed by atoms with Crippen molar-refractivity contribution < 1.29 is 0 Å². The number of aromatic nitrogens is 2. The summed E-state index contributed by atoms with van der Waals surface area (Å²) in [5.74, 6) is 0. The van der Waals surface area contributed by atoms with Gasteiger partial charge >= 0.3 is 0 Å². The fourth-order valence-corrected chi connectivity index (χ4v) is 0.820. The number of hydrogen-bond acceptors (Lipinski definition) is 3. The molecule has 0 aromatic carbocycles. The first kappa shape index (κ1) is 7.78. The smallest absolute Gasteiger partial charge is 0.241 e. The van der Waals surface area contributed by atoms with Gasteiger partial charge in [-0.15, -0.1) is 0 Å². The molecule has 0 amide bonds. The first-order chi connectivity index (χ1) is 5.15. The Morgan fingerprint density at radius 1 is 1.55 bits per heavy atom. The molecule has 0 fully saturated rings. The van der Waals surface area contributed by atoms with Crippen molar-refractivity contribution in [3.8, 4) is 0 Å². The molecule has 0 saturated heterocycles. The topological polar surface area (TPSA) is 53.7 Å². The molecule has 0 radical (unpaired) electrons. The van der Waals surface area contributed by atoms with E-state index in [4.69, 9.17) is 5.41 Å². The van der Waals surface area contributed by atoms with Crippen LogP contribution < -0.4 is 11.0 Å². The predicted octanol–water partition coefficient (Wildman–Crippen LogP) is 0.153.